The second kappa shape index (κ2) is 11.2. The maximum Gasteiger partial charge on any atom is 0.253 e. The van der Waals surface area contributed by atoms with E-state index in [9.17, 15) is 14.4 Å². The zero-order valence-corrected chi connectivity index (χ0v) is 18.9. The van der Waals surface area contributed by atoms with Crippen LogP contribution in [0.1, 0.15) is 45.7 Å². The molecule has 2 heterocycles. The van der Waals surface area contributed by atoms with Gasteiger partial charge in [-0.15, -0.1) is 0 Å². The molecule has 4 rings (SSSR count). The second-order valence-corrected chi connectivity index (χ2v) is 8.17. The van der Waals surface area contributed by atoms with Gasteiger partial charge in [-0.25, -0.2) is 0 Å². The average molecular weight is 461 g/mol. The largest absolute Gasteiger partial charge is 0.467 e. The lowest BCUT2D eigenvalue weighted by molar-refractivity contribution is -0.114. The number of furan rings is 1. The topological polar surface area (TPSA) is 104 Å². The number of carbonyl (C=O) groups excluding carboxylic acids is 3. The first-order valence-corrected chi connectivity index (χ1v) is 11.4. The minimum Gasteiger partial charge on any atom is -0.467 e. The number of piperidine rings is 1. The molecule has 2 aromatic carbocycles. The maximum atomic E-state index is 12.7. The molecule has 34 heavy (non-hydrogen) atoms. The van der Waals surface area contributed by atoms with Crippen LogP contribution in [-0.2, 0) is 11.3 Å². The van der Waals surface area contributed by atoms with Crippen LogP contribution in [0.5, 0.6) is 0 Å². The van der Waals surface area contributed by atoms with Crippen molar-refractivity contribution >= 4 is 29.1 Å². The van der Waals surface area contributed by atoms with Crippen molar-refractivity contribution in [2.75, 3.05) is 30.3 Å². The Hall–Kier alpha value is -4.07. The van der Waals surface area contributed by atoms with Crippen molar-refractivity contribution < 1.29 is 18.8 Å². The number of amides is 3. The van der Waals surface area contributed by atoms with Crippen LogP contribution in [-0.4, -0.2) is 42.3 Å². The van der Waals surface area contributed by atoms with E-state index in [2.05, 4.69) is 16.0 Å². The van der Waals surface area contributed by atoms with Crippen LogP contribution in [0.15, 0.2) is 71.3 Å². The number of hydrogen-bond donors (Lipinski definition) is 3. The minimum atomic E-state index is -0.233. The predicted molar refractivity (Wildman–Crippen MR) is 130 cm³/mol. The Kier molecular flexibility index (Phi) is 7.60. The third-order valence-electron chi connectivity index (χ3n) is 5.64. The van der Waals surface area contributed by atoms with E-state index < -0.39 is 0 Å². The second-order valence-electron chi connectivity index (χ2n) is 8.17. The van der Waals surface area contributed by atoms with Gasteiger partial charge in [0.15, 0.2) is 0 Å². The van der Waals surface area contributed by atoms with Gasteiger partial charge in [0.2, 0.25) is 5.91 Å². The number of benzene rings is 2. The molecule has 3 N–H and O–H groups in total. The van der Waals surface area contributed by atoms with Gasteiger partial charge in [0.1, 0.15) is 5.76 Å². The van der Waals surface area contributed by atoms with E-state index in [0.29, 0.717) is 34.8 Å². The van der Waals surface area contributed by atoms with Crippen molar-refractivity contribution in [1.29, 1.82) is 0 Å². The van der Waals surface area contributed by atoms with Gasteiger partial charge in [0.05, 0.1) is 19.4 Å². The smallest absolute Gasteiger partial charge is 0.253 e. The summed E-state index contributed by atoms with van der Waals surface area (Å²) < 4.78 is 5.20. The van der Waals surface area contributed by atoms with Gasteiger partial charge in [-0.05, 0) is 73.9 Å². The fraction of sp³-hybridized carbons (Fsp3) is 0.269. The summed E-state index contributed by atoms with van der Waals surface area (Å²) in [4.78, 5) is 39.2. The van der Waals surface area contributed by atoms with E-state index >= 15 is 0 Å². The summed E-state index contributed by atoms with van der Waals surface area (Å²) >= 11 is 0. The Bertz CT molecular complexity index is 1120. The minimum absolute atomic E-state index is 0.00205. The number of nitrogens with zero attached hydrogens (tertiary/aromatic N) is 1. The molecule has 8 nitrogen and oxygen atoms in total. The van der Waals surface area contributed by atoms with E-state index in [1.54, 1.807) is 66.9 Å². The van der Waals surface area contributed by atoms with Crippen LogP contribution < -0.4 is 16.0 Å². The number of anilines is 2. The Morgan fingerprint density at radius 1 is 0.853 bits per heavy atom. The Balaban J connectivity index is 1.25. The fourth-order valence-corrected chi connectivity index (χ4v) is 3.82. The molecule has 8 heteroatoms. The van der Waals surface area contributed by atoms with Gasteiger partial charge in [0.25, 0.3) is 11.8 Å². The van der Waals surface area contributed by atoms with E-state index in [1.165, 1.54) is 0 Å². The maximum absolute atomic E-state index is 12.7. The van der Waals surface area contributed by atoms with Crippen molar-refractivity contribution in [3.8, 4) is 0 Å². The lowest BCUT2D eigenvalue weighted by atomic mass is 10.1. The summed E-state index contributed by atoms with van der Waals surface area (Å²) in [5.74, 6) is 0.240. The van der Waals surface area contributed by atoms with Crippen LogP contribution in [0.4, 0.5) is 11.4 Å². The normalized spacial score (nSPS) is 13.2. The summed E-state index contributed by atoms with van der Waals surface area (Å²) in [7, 11) is 0. The summed E-state index contributed by atoms with van der Waals surface area (Å²) in [6, 6.07) is 17.4. The highest BCUT2D eigenvalue weighted by Crippen LogP contribution is 2.17. The molecule has 1 fully saturated rings. The molecule has 1 aromatic heterocycles. The van der Waals surface area contributed by atoms with Crippen molar-refractivity contribution in [3.05, 3.63) is 83.8 Å². The highest BCUT2D eigenvalue weighted by Gasteiger charge is 2.18. The third kappa shape index (κ3) is 6.25. The summed E-state index contributed by atoms with van der Waals surface area (Å²) in [5, 5.41) is 8.65. The average Bonchev–Trinajstić information content (AvgIpc) is 3.40. The SMILES string of the molecule is O=C(CNc1ccc(C(=O)NCc2ccco2)cc1)Nc1cccc(C(=O)N2CCCCC2)c1. The summed E-state index contributed by atoms with van der Waals surface area (Å²) in [6.07, 6.45) is 4.79. The van der Waals surface area contributed by atoms with E-state index in [1.807, 2.05) is 4.90 Å². The number of hydrogen-bond acceptors (Lipinski definition) is 5. The number of rotatable bonds is 8. The van der Waals surface area contributed by atoms with E-state index in [-0.39, 0.29) is 24.3 Å². The Morgan fingerprint density at radius 3 is 2.38 bits per heavy atom. The van der Waals surface area contributed by atoms with Gasteiger partial charge in [-0.3, -0.25) is 14.4 Å². The molecule has 0 saturated carbocycles. The fourth-order valence-electron chi connectivity index (χ4n) is 3.82. The van der Waals surface area contributed by atoms with Gasteiger partial charge >= 0.3 is 0 Å². The zero-order valence-electron chi connectivity index (χ0n) is 18.9. The highest BCUT2D eigenvalue weighted by atomic mass is 16.3. The zero-order chi connectivity index (χ0) is 23.8. The molecular weight excluding hydrogens is 432 g/mol. The molecule has 176 valence electrons. The molecule has 0 atom stereocenters. The van der Waals surface area contributed by atoms with Crippen molar-refractivity contribution in [3.63, 3.8) is 0 Å². The van der Waals surface area contributed by atoms with Crippen molar-refractivity contribution in [1.82, 2.24) is 10.2 Å². The first-order chi connectivity index (χ1) is 16.6. The van der Waals surface area contributed by atoms with E-state index in [4.69, 9.17) is 4.42 Å². The number of likely N-dealkylation sites (tertiary alicyclic amines) is 1. The molecule has 0 aliphatic carbocycles. The third-order valence-corrected chi connectivity index (χ3v) is 5.64. The molecule has 0 bridgehead atoms. The molecule has 0 spiro atoms. The van der Waals surface area contributed by atoms with Crippen LogP contribution in [0.25, 0.3) is 0 Å². The molecule has 1 aliphatic heterocycles. The predicted octanol–water partition coefficient (Wildman–Crippen LogP) is 3.89. The first-order valence-electron chi connectivity index (χ1n) is 11.4. The molecule has 1 saturated heterocycles. The molecule has 0 radical (unpaired) electrons. The molecule has 3 aromatic rings. The van der Waals surface area contributed by atoms with E-state index in [0.717, 1.165) is 32.4 Å². The lowest BCUT2D eigenvalue weighted by Crippen LogP contribution is -2.35. The molecule has 3 amide bonds. The monoisotopic (exact) mass is 460 g/mol. The highest BCUT2D eigenvalue weighted by molar-refractivity contribution is 5.98. The summed E-state index contributed by atoms with van der Waals surface area (Å²) in [5.41, 5.74) is 2.38. The van der Waals surface area contributed by atoms with Crippen molar-refractivity contribution in [2.45, 2.75) is 25.8 Å². The first kappa shape index (κ1) is 23.1. The molecular formula is C26H28N4O4. The summed E-state index contributed by atoms with van der Waals surface area (Å²) in [6.45, 7) is 1.93. The lowest BCUT2D eigenvalue weighted by Gasteiger charge is -2.26. The Labute approximate surface area is 198 Å². The molecule has 0 unspecified atom stereocenters. The Morgan fingerprint density at radius 2 is 1.65 bits per heavy atom. The molecule has 1 aliphatic rings. The van der Waals surface area contributed by atoms with Gasteiger partial charge in [0, 0.05) is 35.6 Å². The number of nitrogens with one attached hydrogen (secondary N) is 3. The van der Waals surface area contributed by atoms with Crippen LogP contribution in [0, 0.1) is 0 Å². The van der Waals surface area contributed by atoms with Crippen LogP contribution in [0.3, 0.4) is 0 Å². The van der Waals surface area contributed by atoms with Gasteiger partial charge in [-0.1, -0.05) is 6.07 Å². The van der Waals surface area contributed by atoms with Crippen molar-refractivity contribution in [2.24, 2.45) is 0 Å². The standard InChI is InChI=1S/C26H28N4O4/c31-24(29-22-7-4-6-20(16-22)26(33)30-13-2-1-3-14-30)18-27-21-11-9-19(10-12-21)25(32)28-17-23-8-5-15-34-23/h4-12,15-16,27H,1-3,13-14,17-18H2,(H,28,32)(H,29,31). The van der Waals surface area contributed by atoms with Crippen LogP contribution >= 0.6 is 0 Å². The van der Waals surface area contributed by atoms with Gasteiger partial charge < -0.3 is 25.3 Å². The van der Waals surface area contributed by atoms with Crippen LogP contribution in [0.2, 0.25) is 0 Å². The van der Waals surface area contributed by atoms with Gasteiger partial charge in [-0.2, -0.15) is 0 Å². The quantitative estimate of drug-likeness (QED) is 0.473. The number of carbonyl (C=O) groups is 3.